The fourth-order valence-corrected chi connectivity index (χ4v) is 3.02. The molecular weight excluding hydrogens is 262 g/mol. The van der Waals surface area contributed by atoms with Gasteiger partial charge in [-0.3, -0.25) is 0 Å². The quantitative estimate of drug-likeness (QED) is 0.924. The monoisotopic (exact) mass is 285 g/mol. The van der Waals surface area contributed by atoms with Crippen molar-refractivity contribution in [2.24, 2.45) is 0 Å². The molecule has 2 rings (SSSR count). The van der Waals surface area contributed by atoms with Crippen LogP contribution in [0.4, 0.5) is 0 Å². The third kappa shape index (κ3) is 2.58. The van der Waals surface area contributed by atoms with Crippen molar-refractivity contribution < 1.29 is 13.5 Å². The molecule has 108 valence electrons. The van der Waals surface area contributed by atoms with Crippen LogP contribution in [0.2, 0.25) is 0 Å². The van der Waals surface area contributed by atoms with E-state index in [1.54, 1.807) is 13.8 Å². The first kappa shape index (κ1) is 14.6. The molecule has 0 fully saturated rings. The summed E-state index contributed by atoms with van der Waals surface area (Å²) in [6.45, 7) is 5.93. The van der Waals surface area contributed by atoms with Gasteiger partial charge in [0.1, 0.15) is 0 Å². The lowest BCUT2D eigenvalue weighted by atomic mass is 9.95. The summed E-state index contributed by atoms with van der Waals surface area (Å²) in [4.78, 5) is 0. The molecule has 1 atom stereocenters. The van der Waals surface area contributed by atoms with Gasteiger partial charge in [-0.2, -0.15) is 0 Å². The van der Waals surface area contributed by atoms with Crippen molar-refractivity contribution in [3.05, 3.63) is 23.0 Å². The molecule has 0 amide bonds. The standard InChI is InChI=1S/C14H23NO3S/c1-10-8-11-12(6-5-7-13(11)16)15(10)9-14(2,3)19(4,17)18/h8,13,16H,5-7,9H2,1-4H3. The second-order valence-corrected chi connectivity index (χ2v) is 8.86. The van der Waals surface area contributed by atoms with Crippen molar-refractivity contribution >= 4 is 9.84 Å². The predicted molar refractivity (Wildman–Crippen MR) is 76.0 cm³/mol. The number of rotatable bonds is 3. The number of aryl methyl sites for hydroxylation is 1. The van der Waals surface area contributed by atoms with E-state index in [9.17, 15) is 13.5 Å². The lowest BCUT2D eigenvalue weighted by molar-refractivity contribution is 0.155. The number of aromatic nitrogens is 1. The van der Waals surface area contributed by atoms with E-state index in [1.165, 1.54) is 6.26 Å². The maximum absolute atomic E-state index is 11.9. The Labute approximate surface area is 115 Å². The highest BCUT2D eigenvalue weighted by Gasteiger charge is 2.33. The van der Waals surface area contributed by atoms with Gasteiger partial charge in [0.2, 0.25) is 0 Å². The molecule has 0 saturated heterocycles. The minimum atomic E-state index is -3.12. The first-order chi connectivity index (χ1) is 8.63. The molecule has 0 aliphatic heterocycles. The number of nitrogens with zero attached hydrogens (tertiary/aromatic N) is 1. The fraction of sp³-hybridized carbons (Fsp3) is 0.714. The number of hydrogen-bond acceptors (Lipinski definition) is 3. The van der Waals surface area contributed by atoms with Gasteiger partial charge >= 0.3 is 0 Å². The molecule has 19 heavy (non-hydrogen) atoms. The normalized spacial score (nSPS) is 20.4. The molecule has 1 unspecified atom stereocenters. The average Bonchev–Trinajstić information content (AvgIpc) is 2.56. The average molecular weight is 285 g/mol. The van der Waals surface area contributed by atoms with E-state index in [2.05, 4.69) is 4.57 Å². The van der Waals surface area contributed by atoms with Crippen LogP contribution in [0.25, 0.3) is 0 Å². The molecule has 1 aromatic rings. The van der Waals surface area contributed by atoms with Crippen LogP contribution in [0.3, 0.4) is 0 Å². The largest absolute Gasteiger partial charge is 0.388 e. The molecule has 1 aliphatic carbocycles. The van der Waals surface area contributed by atoms with E-state index < -0.39 is 20.7 Å². The molecule has 1 aromatic heterocycles. The lowest BCUT2D eigenvalue weighted by Crippen LogP contribution is -2.36. The zero-order valence-electron chi connectivity index (χ0n) is 12.1. The summed E-state index contributed by atoms with van der Waals surface area (Å²) in [7, 11) is -3.12. The molecule has 1 N–H and O–H groups in total. The van der Waals surface area contributed by atoms with Gasteiger partial charge < -0.3 is 9.67 Å². The van der Waals surface area contributed by atoms with Gasteiger partial charge in [0.05, 0.1) is 10.9 Å². The summed E-state index contributed by atoms with van der Waals surface area (Å²) >= 11 is 0. The zero-order valence-corrected chi connectivity index (χ0v) is 12.9. The Bertz CT molecular complexity index is 584. The van der Waals surface area contributed by atoms with Gasteiger partial charge in [-0.05, 0) is 46.1 Å². The zero-order chi connectivity index (χ0) is 14.4. The molecule has 4 nitrogen and oxygen atoms in total. The third-order valence-corrected chi connectivity index (χ3v) is 6.38. The smallest absolute Gasteiger partial charge is 0.154 e. The highest BCUT2D eigenvalue weighted by Crippen LogP contribution is 2.33. The van der Waals surface area contributed by atoms with Gasteiger partial charge in [-0.1, -0.05) is 0 Å². The van der Waals surface area contributed by atoms with Crippen LogP contribution >= 0.6 is 0 Å². The predicted octanol–water partition coefficient (Wildman–Crippen LogP) is 1.99. The Morgan fingerprint density at radius 1 is 1.47 bits per heavy atom. The van der Waals surface area contributed by atoms with Crippen LogP contribution in [0, 0.1) is 6.92 Å². The Morgan fingerprint density at radius 3 is 2.68 bits per heavy atom. The van der Waals surface area contributed by atoms with Crippen LogP contribution in [-0.2, 0) is 22.8 Å². The van der Waals surface area contributed by atoms with Crippen LogP contribution in [-0.4, -0.2) is 29.1 Å². The van der Waals surface area contributed by atoms with Gasteiger partial charge in [0, 0.05) is 29.8 Å². The van der Waals surface area contributed by atoms with Crippen molar-refractivity contribution in [3.63, 3.8) is 0 Å². The highest BCUT2D eigenvalue weighted by atomic mass is 32.2. The number of aliphatic hydroxyl groups is 1. The van der Waals surface area contributed by atoms with E-state index in [4.69, 9.17) is 0 Å². The number of fused-ring (bicyclic) bond motifs is 1. The molecule has 0 bridgehead atoms. The minimum Gasteiger partial charge on any atom is -0.388 e. The second kappa shape index (κ2) is 4.63. The number of hydrogen-bond donors (Lipinski definition) is 1. The minimum absolute atomic E-state index is 0.398. The van der Waals surface area contributed by atoms with Crippen LogP contribution < -0.4 is 0 Å². The molecule has 0 radical (unpaired) electrons. The topological polar surface area (TPSA) is 59.3 Å². The molecule has 1 heterocycles. The van der Waals surface area contributed by atoms with E-state index in [0.29, 0.717) is 6.54 Å². The van der Waals surface area contributed by atoms with E-state index >= 15 is 0 Å². The summed E-state index contributed by atoms with van der Waals surface area (Å²) in [6.07, 6.45) is 3.56. The summed E-state index contributed by atoms with van der Waals surface area (Å²) in [5.74, 6) is 0. The van der Waals surface area contributed by atoms with Gasteiger partial charge in [0.25, 0.3) is 0 Å². The molecular formula is C14H23NO3S. The van der Waals surface area contributed by atoms with Crippen molar-refractivity contribution in [2.75, 3.05) is 6.26 Å². The van der Waals surface area contributed by atoms with E-state index in [0.717, 1.165) is 36.2 Å². The Morgan fingerprint density at radius 2 is 2.11 bits per heavy atom. The summed E-state index contributed by atoms with van der Waals surface area (Å²) < 4.78 is 25.0. The second-order valence-electron chi connectivity index (χ2n) is 6.21. The third-order valence-electron chi connectivity index (χ3n) is 4.24. The van der Waals surface area contributed by atoms with Crippen LogP contribution in [0.1, 0.15) is 49.7 Å². The van der Waals surface area contributed by atoms with Gasteiger partial charge in [-0.25, -0.2) is 8.42 Å². The Kier molecular flexibility index (Phi) is 3.56. The first-order valence-corrected chi connectivity index (χ1v) is 8.59. The molecule has 0 aromatic carbocycles. The molecule has 5 heteroatoms. The lowest BCUT2D eigenvalue weighted by Gasteiger charge is -2.27. The first-order valence-electron chi connectivity index (χ1n) is 6.70. The SMILES string of the molecule is Cc1cc2c(n1CC(C)(C)S(C)(=O)=O)CCCC2O. The van der Waals surface area contributed by atoms with Gasteiger partial charge in [0.15, 0.2) is 9.84 Å². The Hall–Kier alpha value is -0.810. The maximum Gasteiger partial charge on any atom is 0.154 e. The van der Waals surface area contributed by atoms with Crippen molar-refractivity contribution in [1.29, 1.82) is 0 Å². The van der Waals surface area contributed by atoms with E-state index in [1.807, 2.05) is 13.0 Å². The summed E-state index contributed by atoms with van der Waals surface area (Å²) in [5, 5.41) is 10.0. The fourth-order valence-electron chi connectivity index (χ4n) is 2.66. The van der Waals surface area contributed by atoms with Crippen LogP contribution in [0.15, 0.2) is 6.07 Å². The highest BCUT2D eigenvalue weighted by molar-refractivity contribution is 7.92. The summed E-state index contributed by atoms with van der Waals surface area (Å²) in [6, 6.07) is 2.00. The number of aliphatic hydroxyl groups excluding tert-OH is 1. The van der Waals surface area contributed by atoms with Crippen molar-refractivity contribution in [1.82, 2.24) is 4.57 Å². The molecule has 0 spiro atoms. The number of sulfone groups is 1. The Balaban J connectivity index is 2.42. The summed E-state index contributed by atoms with van der Waals surface area (Å²) in [5.41, 5.74) is 3.11. The van der Waals surface area contributed by atoms with Crippen molar-refractivity contribution in [2.45, 2.75) is 57.4 Å². The maximum atomic E-state index is 11.9. The van der Waals surface area contributed by atoms with Gasteiger partial charge in [-0.15, -0.1) is 0 Å². The van der Waals surface area contributed by atoms with Crippen LogP contribution in [0.5, 0.6) is 0 Å². The molecule has 1 aliphatic rings. The molecule has 0 saturated carbocycles. The van der Waals surface area contributed by atoms with Crippen molar-refractivity contribution in [3.8, 4) is 0 Å². The van der Waals surface area contributed by atoms with E-state index in [-0.39, 0.29) is 0 Å².